The van der Waals surface area contributed by atoms with Crippen LogP contribution in [0.2, 0.25) is 0 Å². The molecule has 1 aliphatic heterocycles. The number of hydrogen-bond donors (Lipinski definition) is 1. The Morgan fingerprint density at radius 3 is 2.47 bits per heavy atom. The SMILES string of the molecule is COCCC(C)(C)OCN(C)NS(=O)(=O)/C(C#N)=C(\C)c1ccc2cc(N3CCCCC3)ccc2c1. The Balaban J connectivity index is 1.77. The van der Waals surface area contributed by atoms with Crippen LogP contribution < -0.4 is 9.73 Å². The second-order valence-corrected chi connectivity index (χ2v) is 11.5. The van der Waals surface area contributed by atoms with Crippen LogP contribution in [0.1, 0.15) is 52.0 Å². The first-order valence-corrected chi connectivity index (χ1v) is 13.8. The van der Waals surface area contributed by atoms with Gasteiger partial charge in [-0.3, -0.25) is 0 Å². The van der Waals surface area contributed by atoms with Gasteiger partial charge in [0.05, 0.1) is 5.60 Å². The third-order valence-corrected chi connectivity index (χ3v) is 8.01. The Bertz CT molecular complexity index is 1230. The second kappa shape index (κ2) is 12.2. The standard InChI is InChI=1S/C27H38N4O4S/c1-21(26(19-28)36(32,33)29-30(4)20-35-27(2,3)13-16-34-5)22-9-10-24-18-25(12-11-23(24)17-22)31-14-7-6-8-15-31/h9-12,17-18,29H,6-8,13-16,20H2,1-5H3/b26-21+. The summed E-state index contributed by atoms with van der Waals surface area (Å²) in [6.07, 6.45) is 4.38. The summed E-state index contributed by atoms with van der Waals surface area (Å²) in [5.74, 6) is 0. The average molecular weight is 515 g/mol. The van der Waals surface area contributed by atoms with Crippen LogP contribution in [0.15, 0.2) is 41.3 Å². The van der Waals surface area contributed by atoms with Gasteiger partial charge < -0.3 is 14.4 Å². The highest BCUT2D eigenvalue weighted by Gasteiger charge is 2.25. The molecular weight excluding hydrogens is 476 g/mol. The monoisotopic (exact) mass is 514 g/mol. The molecule has 1 fully saturated rings. The first-order valence-electron chi connectivity index (χ1n) is 12.3. The van der Waals surface area contributed by atoms with Crippen molar-refractivity contribution < 1.29 is 17.9 Å². The molecular formula is C27H38N4O4S. The number of benzene rings is 2. The predicted octanol–water partition coefficient (Wildman–Crippen LogP) is 4.64. The van der Waals surface area contributed by atoms with E-state index in [1.165, 1.54) is 30.0 Å². The zero-order valence-electron chi connectivity index (χ0n) is 22.0. The molecule has 36 heavy (non-hydrogen) atoms. The van der Waals surface area contributed by atoms with Crippen LogP contribution >= 0.6 is 0 Å². The van der Waals surface area contributed by atoms with E-state index in [9.17, 15) is 13.7 Å². The third kappa shape index (κ3) is 7.28. The number of sulfonamides is 1. The van der Waals surface area contributed by atoms with Gasteiger partial charge in [0.1, 0.15) is 12.8 Å². The van der Waals surface area contributed by atoms with Crippen molar-refractivity contribution in [3.05, 3.63) is 46.9 Å². The lowest BCUT2D eigenvalue weighted by molar-refractivity contribution is -0.0844. The molecule has 1 N–H and O–H groups in total. The molecule has 1 heterocycles. The minimum Gasteiger partial charge on any atom is -0.385 e. The van der Waals surface area contributed by atoms with E-state index in [4.69, 9.17) is 9.47 Å². The maximum Gasteiger partial charge on any atom is 0.263 e. The van der Waals surface area contributed by atoms with Gasteiger partial charge in [-0.15, -0.1) is 4.83 Å². The summed E-state index contributed by atoms with van der Waals surface area (Å²) >= 11 is 0. The van der Waals surface area contributed by atoms with Gasteiger partial charge in [-0.1, -0.05) is 18.2 Å². The number of hydrazine groups is 1. The number of hydrogen-bond acceptors (Lipinski definition) is 7. The van der Waals surface area contributed by atoms with Crippen molar-refractivity contribution in [1.82, 2.24) is 9.84 Å². The summed E-state index contributed by atoms with van der Waals surface area (Å²) in [5.41, 5.74) is 1.80. The predicted molar refractivity (Wildman–Crippen MR) is 145 cm³/mol. The van der Waals surface area contributed by atoms with E-state index in [0.717, 1.165) is 23.9 Å². The molecule has 0 spiro atoms. The molecule has 0 aliphatic carbocycles. The first kappa shape index (κ1) is 28.1. The quantitative estimate of drug-likeness (QED) is 0.265. The summed E-state index contributed by atoms with van der Waals surface area (Å²) in [7, 11) is -0.914. The third-order valence-electron chi connectivity index (χ3n) is 6.52. The second-order valence-electron chi connectivity index (χ2n) is 9.93. The zero-order chi connectivity index (χ0) is 26.3. The molecule has 3 rings (SSSR count). The van der Waals surface area contributed by atoms with Crippen LogP contribution in [0.3, 0.4) is 0 Å². The van der Waals surface area contributed by atoms with E-state index >= 15 is 0 Å². The first-order chi connectivity index (χ1) is 17.1. The average Bonchev–Trinajstić information content (AvgIpc) is 2.86. The fourth-order valence-electron chi connectivity index (χ4n) is 4.26. The normalized spacial score (nSPS) is 15.8. The highest BCUT2D eigenvalue weighted by molar-refractivity contribution is 7.93. The Labute approximate surface area is 215 Å². The van der Waals surface area contributed by atoms with Crippen molar-refractivity contribution in [3.63, 3.8) is 0 Å². The fourth-order valence-corrected chi connectivity index (χ4v) is 5.46. The summed E-state index contributed by atoms with van der Waals surface area (Å²) < 4.78 is 37.0. The van der Waals surface area contributed by atoms with Crippen molar-refractivity contribution >= 4 is 32.1 Å². The molecule has 9 heteroatoms. The van der Waals surface area contributed by atoms with Gasteiger partial charge in [0, 0.05) is 39.5 Å². The van der Waals surface area contributed by atoms with Gasteiger partial charge in [-0.25, -0.2) is 13.4 Å². The summed E-state index contributed by atoms with van der Waals surface area (Å²) in [4.78, 5) is 4.52. The molecule has 0 bridgehead atoms. The van der Waals surface area contributed by atoms with Crippen molar-refractivity contribution in [2.75, 3.05) is 45.5 Å². The fraction of sp³-hybridized carbons (Fsp3) is 0.519. The number of fused-ring (bicyclic) bond motifs is 1. The number of piperidine rings is 1. The molecule has 0 saturated carbocycles. The van der Waals surface area contributed by atoms with Gasteiger partial charge in [0.2, 0.25) is 0 Å². The Morgan fingerprint density at radius 1 is 1.14 bits per heavy atom. The zero-order valence-corrected chi connectivity index (χ0v) is 22.8. The van der Waals surface area contributed by atoms with Crippen LogP contribution in [-0.2, 0) is 19.5 Å². The number of ether oxygens (including phenoxy) is 2. The van der Waals surface area contributed by atoms with Crippen LogP contribution in [0.25, 0.3) is 16.3 Å². The van der Waals surface area contributed by atoms with Gasteiger partial charge in [0.25, 0.3) is 10.0 Å². The maximum absolute atomic E-state index is 13.1. The smallest absolute Gasteiger partial charge is 0.263 e. The van der Waals surface area contributed by atoms with Crippen LogP contribution in [0.5, 0.6) is 0 Å². The number of rotatable bonds is 11. The molecule has 0 radical (unpaired) electrons. The van der Waals surface area contributed by atoms with Gasteiger partial charge in [-0.05, 0) is 86.6 Å². The van der Waals surface area contributed by atoms with E-state index in [1.807, 2.05) is 38.1 Å². The molecule has 196 valence electrons. The number of nitriles is 1. The number of anilines is 1. The number of allylic oxidation sites excluding steroid dienone is 2. The minimum absolute atomic E-state index is 0.0169. The molecule has 1 aliphatic rings. The van der Waals surface area contributed by atoms with E-state index in [1.54, 1.807) is 21.1 Å². The van der Waals surface area contributed by atoms with Crippen molar-refractivity contribution in [2.45, 2.75) is 52.1 Å². The molecule has 0 amide bonds. The maximum atomic E-state index is 13.1. The Hall–Kier alpha value is -2.48. The van der Waals surface area contributed by atoms with Gasteiger partial charge >= 0.3 is 0 Å². The molecule has 2 aromatic rings. The van der Waals surface area contributed by atoms with Gasteiger partial charge in [0.15, 0.2) is 4.91 Å². The summed E-state index contributed by atoms with van der Waals surface area (Å²) in [6, 6.07) is 14.0. The van der Waals surface area contributed by atoms with Gasteiger partial charge in [-0.2, -0.15) is 5.26 Å². The van der Waals surface area contributed by atoms with E-state index < -0.39 is 15.6 Å². The van der Waals surface area contributed by atoms with E-state index in [-0.39, 0.29) is 11.6 Å². The Morgan fingerprint density at radius 2 is 1.81 bits per heavy atom. The molecule has 0 unspecified atom stereocenters. The van der Waals surface area contributed by atoms with Crippen molar-refractivity contribution in [3.8, 4) is 6.07 Å². The lowest BCUT2D eigenvalue weighted by Crippen LogP contribution is -2.43. The topological polar surface area (TPSA) is 94.9 Å². The van der Waals surface area contributed by atoms with E-state index in [0.29, 0.717) is 24.2 Å². The molecule has 2 aromatic carbocycles. The number of methoxy groups -OCH3 is 1. The lowest BCUT2D eigenvalue weighted by Gasteiger charge is -2.29. The van der Waals surface area contributed by atoms with Crippen molar-refractivity contribution in [1.29, 1.82) is 5.26 Å². The molecule has 0 atom stereocenters. The number of nitrogens with zero attached hydrogens (tertiary/aromatic N) is 3. The van der Waals surface area contributed by atoms with E-state index in [2.05, 4.69) is 27.9 Å². The lowest BCUT2D eigenvalue weighted by atomic mass is 10.0. The largest absolute Gasteiger partial charge is 0.385 e. The highest BCUT2D eigenvalue weighted by Crippen LogP contribution is 2.29. The molecule has 8 nitrogen and oxygen atoms in total. The number of nitrogens with one attached hydrogen (secondary N) is 1. The van der Waals surface area contributed by atoms with Crippen LogP contribution in [-0.4, -0.2) is 59.6 Å². The summed E-state index contributed by atoms with van der Waals surface area (Å²) in [5, 5.41) is 13.2. The highest BCUT2D eigenvalue weighted by atomic mass is 32.2. The minimum atomic E-state index is -4.10. The van der Waals surface area contributed by atoms with Crippen LogP contribution in [0, 0.1) is 11.3 Å². The van der Waals surface area contributed by atoms with Crippen LogP contribution in [0.4, 0.5) is 5.69 Å². The molecule has 1 saturated heterocycles. The Kier molecular flexibility index (Phi) is 9.50. The summed E-state index contributed by atoms with van der Waals surface area (Å²) in [6.45, 7) is 8.18. The molecule has 0 aromatic heterocycles. The van der Waals surface area contributed by atoms with Crippen molar-refractivity contribution in [2.24, 2.45) is 0 Å².